The van der Waals surface area contributed by atoms with E-state index in [0.717, 1.165) is 11.3 Å². The summed E-state index contributed by atoms with van der Waals surface area (Å²) in [6, 6.07) is 5.90. The van der Waals surface area contributed by atoms with E-state index in [2.05, 4.69) is 34.9 Å². The second-order valence-corrected chi connectivity index (χ2v) is 5.90. The molecule has 6 heteroatoms. The second-order valence-electron chi connectivity index (χ2n) is 4.90. The minimum atomic E-state index is 0.335. The Morgan fingerprint density at radius 2 is 2.14 bits per heavy atom. The number of aromatic nitrogens is 2. The molecule has 114 valence electrons. The third-order valence-corrected chi connectivity index (χ3v) is 3.84. The molecule has 0 saturated heterocycles. The number of nitrogens with zero attached hydrogens (tertiary/aromatic N) is 2. The summed E-state index contributed by atoms with van der Waals surface area (Å²) in [6.07, 6.45) is 1.95. The number of hydrogen-bond donors (Lipinski definition) is 0. The monoisotopic (exact) mass is 372 g/mol. The Hall–Kier alpha value is -1.20. The maximum atomic E-state index is 6.06. The third-order valence-electron chi connectivity index (χ3n) is 3.02. The molecule has 4 nitrogen and oxygen atoms in total. The first-order valence-corrected chi connectivity index (χ1v) is 8.14. The lowest BCUT2D eigenvalue weighted by atomic mass is 10.2. The van der Waals surface area contributed by atoms with Gasteiger partial charge in [-0.1, -0.05) is 27.5 Å². The van der Waals surface area contributed by atoms with Crippen molar-refractivity contribution in [3.63, 3.8) is 0 Å². The van der Waals surface area contributed by atoms with Gasteiger partial charge < -0.3 is 9.47 Å². The fourth-order valence-electron chi connectivity index (χ4n) is 1.93. The Bertz CT molecular complexity index is 588. The fourth-order valence-corrected chi connectivity index (χ4v) is 2.57. The summed E-state index contributed by atoms with van der Waals surface area (Å²) in [5, 5.41) is 5.73. The summed E-state index contributed by atoms with van der Waals surface area (Å²) in [5.41, 5.74) is 1.82. The lowest BCUT2D eigenvalue weighted by Crippen LogP contribution is -2.04. The van der Waals surface area contributed by atoms with Crippen molar-refractivity contribution >= 4 is 27.5 Å². The van der Waals surface area contributed by atoms with Gasteiger partial charge in [0.05, 0.1) is 12.8 Å². The number of alkyl halides is 1. The van der Waals surface area contributed by atoms with Crippen LogP contribution in [-0.2, 0) is 11.9 Å². The van der Waals surface area contributed by atoms with Gasteiger partial charge in [-0.3, -0.25) is 4.68 Å². The maximum absolute atomic E-state index is 6.06. The molecule has 0 fully saturated rings. The van der Waals surface area contributed by atoms with Crippen molar-refractivity contribution in [2.45, 2.75) is 31.8 Å². The molecule has 1 aromatic carbocycles. The van der Waals surface area contributed by atoms with Gasteiger partial charge in [0.15, 0.2) is 11.5 Å². The summed E-state index contributed by atoms with van der Waals surface area (Å²) >= 11 is 9.50. The Kier molecular flexibility index (Phi) is 5.53. The molecule has 0 aliphatic carbocycles. The van der Waals surface area contributed by atoms with E-state index < -0.39 is 0 Å². The van der Waals surface area contributed by atoms with E-state index in [1.807, 2.05) is 23.0 Å². The van der Waals surface area contributed by atoms with Crippen LogP contribution in [0.3, 0.4) is 0 Å². The molecule has 0 aliphatic heterocycles. The highest BCUT2D eigenvalue weighted by atomic mass is 79.9. The average molecular weight is 374 g/mol. The van der Waals surface area contributed by atoms with Crippen LogP contribution in [0.1, 0.15) is 31.1 Å². The van der Waals surface area contributed by atoms with Crippen LogP contribution in [-0.4, -0.2) is 16.9 Å². The van der Waals surface area contributed by atoms with Gasteiger partial charge in [0.2, 0.25) is 0 Å². The standard InChI is InChI=1S/C15H18BrClN2O2/c1-10(2)19-5-4-13(18-19)9-21-15-11(8-16)6-12(17)7-14(15)20-3/h4-7,10H,8-9H2,1-3H3. The molecule has 0 bridgehead atoms. The Balaban J connectivity index is 2.18. The second kappa shape index (κ2) is 7.18. The number of methoxy groups -OCH3 is 1. The van der Waals surface area contributed by atoms with E-state index in [4.69, 9.17) is 21.1 Å². The molecule has 0 N–H and O–H groups in total. The van der Waals surface area contributed by atoms with Gasteiger partial charge in [-0.15, -0.1) is 0 Å². The fraction of sp³-hybridized carbons (Fsp3) is 0.400. The lowest BCUT2D eigenvalue weighted by molar-refractivity contribution is 0.276. The van der Waals surface area contributed by atoms with Crippen molar-refractivity contribution in [2.24, 2.45) is 0 Å². The number of benzene rings is 1. The molecule has 0 amide bonds. The van der Waals surface area contributed by atoms with Gasteiger partial charge in [-0.25, -0.2) is 0 Å². The van der Waals surface area contributed by atoms with Crippen molar-refractivity contribution in [1.29, 1.82) is 0 Å². The third kappa shape index (κ3) is 3.92. The first kappa shape index (κ1) is 16.2. The maximum Gasteiger partial charge on any atom is 0.165 e. The van der Waals surface area contributed by atoms with Gasteiger partial charge in [-0.2, -0.15) is 5.10 Å². The van der Waals surface area contributed by atoms with Crippen LogP contribution in [0.25, 0.3) is 0 Å². The van der Waals surface area contributed by atoms with Crippen LogP contribution in [0.2, 0.25) is 5.02 Å². The molecule has 2 rings (SSSR count). The average Bonchev–Trinajstić information content (AvgIpc) is 2.94. The summed E-state index contributed by atoms with van der Waals surface area (Å²) in [7, 11) is 1.60. The Labute approximate surface area is 138 Å². The largest absolute Gasteiger partial charge is 0.493 e. The molecule has 0 saturated carbocycles. The molecule has 0 unspecified atom stereocenters. The van der Waals surface area contributed by atoms with Gasteiger partial charge in [0.1, 0.15) is 6.61 Å². The first-order valence-electron chi connectivity index (χ1n) is 6.64. The van der Waals surface area contributed by atoms with Crippen molar-refractivity contribution in [1.82, 2.24) is 9.78 Å². The molecule has 1 heterocycles. The number of rotatable bonds is 6. The van der Waals surface area contributed by atoms with Crippen molar-refractivity contribution < 1.29 is 9.47 Å². The highest BCUT2D eigenvalue weighted by molar-refractivity contribution is 9.08. The van der Waals surface area contributed by atoms with Gasteiger partial charge in [0.25, 0.3) is 0 Å². The van der Waals surface area contributed by atoms with Gasteiger partial charge >= 0.3 is 0 Å². The molecular weight excluding hydrogens is 356 g/mol. The van der Waals surface area contributed by atoms with Crippen LogP contribution >= 0.6 is 27.5 Å². The molecule has 0 atom stereocenters. The predicted molar refractivity (Wildman–Crippen MR) is 87.6 cm³/mol. The van der Waals surface area contributed by atoms with E-state index >= 15 is 0 Å². The van der Waals surface area contributed by atoms with E-state index in [0.29, 0.717) is 34.5 Å². The Morgan fingerprint density at radius 1 is 1.38 bits per heavy atom. The normalized spacial score (nSPS) is 11.0. The molecule has 2 aromatic rings. The SMILES string of the molecule is COc1cc(Cl)cc(CBr)c1OCc1ccn(C(C)C)n1. The summed E-state index contributed by atoms with van der Waals surface area (Å²) in [4.78, 5) is 0. The molecule has 0 radical (unpaired) electrons. The minimum Gasteiger partial charge on any atom is -0.493 e. The number of halogens is 2. The van der Waals surface area contributed by atoms with E-state index in [1.165, 1.54) is 0 Å². The summed E-state index contributed by atoms with van der Waals surface area (Å²) < 4.78 is 13.1. The van der Waals surface area contributed by atoms with Gasteiger partial charge in [0, 0.05) is 34.2 Å². The summed E-state index contributed by atoms with van der Waals surface area (Å²) in [5.74, 6) is 1.32. The first-order chi connectivity index (χ1) is 10.0. The smallest absolute Gasteiger partial charge is 0.165 e. The van der Waals surface area contributed by atoms with Crippen molar-refractivity contribution in [2.75, 3.05) is 7.11 Å². The zero-order valence-electron chi connectivity index (χ0n) is 12.3. The van der Waals surface area contributed by atoms with Crippen LogP contribution in [0.4, 0.5) is 0 Å². The van der Waals surface area contributed by atoms with Crippen LogP contribution in [0, 0.1) is 0 Å². The van der Waals surface area contributed by atoms with E-state index in [1.54, 1.807) is 13.2 Å². The zero-order chi connectivity index (χ0) is 15.4. The van der Waals surface area contributed by atoms with Gasteiger partial charge in [-0.05, 0) is 26.0 Å². The highest BCUT2D eigenvalue weighted by Gasteiger charge is 2.13. The number of hydrogen-bond acceptors (Lipinski definition) is 3. The molecule has 0 spiro atoms. The minimum absolute atomic E-state index is 0.335. The lowest BCUT2D eigenvalue weighted by Gasteiger charge is -2.14. The van der Waals surface area contributed by atoms with Crippen LogP contribution in [0.5, 0.6) is 11.5 Å². The molecule has 1 aromatic heterocycles. The van der Waals surface area contributed by atoms with Crippen molar-refractivity contribution in [3.05, 3.63) is 40.7 Å². The number of ether oxygens (including phenoxy) is 2. The van der Waals surface area contributed by atoms with Crippen molar-refractivity contribution in [3.8, 4) is 11.5 Å². The highest BCUT2D eigenvalue weighted by Crippen LogP contribution is 2.36. The molecule has 0 aliphatic rings. The Morgan fingerprint density at radius 3 is 2.71 bits per heavy atom. The molecule has 21 heavy (non-hydrogen) atoms. The topological polar surface area (TPSA) is 36.3 Å². The van der Waals surface area contributed by atoms with E-state index in [9.17, 15) is 0 Å². The van der Waals surface area contributed by atoms with Crippen LogP contribution < -0.4 is 9.47 Å². The predicted octanol–water partition coefficient (Wildman–Crippen LogP) is 4.60. The summed E-state index contributed by atoms with van der Waals surface area (Å²) in [6.45, 7) is 4.56. The zero-order valence-corrected chi connectivity index (χ0v) is 14.6. The van der Waals surface area contributed by atoms with E-state index in [-0.39, 0.29) is 0 Å². The van der Waals surface area contributed by atoms with Crippen LogP contribution in [0.15, 0.2) is 24.4 Å². The molecular formula is C15H18BrClN2O2. The quantitative estimate of drug-likeness (QED) is 0.694.